The zero-order chi connectivity index (χ0) is 10.7. The molecule has 1 rings (SSSR count). The van der Waals surface area contributed by atoms with Crippen LogP contribution in [0.2, 0.25) is 0 Å². The van der Waals surface area contributed by atoms with Crippen molar-refractivity contribution in [3.63, 3.8) is 0 Å². The molecule has 0 heterocycles. The molecule has 0 bridgehead atoms. The number of rotatable bonds is 7. The van der Waals surface area contributed by atoms with E-state index in [1.807, 2.05) is 6.92 Å². The SMILES string of the molecule is CCCS(=O)(=O)NCC1(CCCl)CC1. The highest BCUT2D eigenvalue weighted by Gasteiger charge is 2.42. The Labute approximate surface area is 91.3 Å². The first kappa shape index (κ1) is 12.3. The normalized spacial score (nSPS) is 19.6. The van der Waals surface area contributed by atoms with Gasteiger partial charge in [-0.1, -0.05) is 6.92 Å². The zero-order valence-corrected chi connectivity index (χ0v) is 10.1. The Balaban J connectivity index is 2.33. The second kappa shape index (κ2) is 4.81. The first-order valence-corrected chi connectivity index (χ1v) is 7.26. The molecule has 3 nitrogen and oxygen atoms in total. The predicted molar refractivity (Wildman–Crippen MR) is 59.1 cm³/mol. The van der Waals surface area contributed by atoms with Crippen molar-refractivity contribution in [2.75, 3.05) is 18.2 Å². The Hall–Kier alpha value is 0.200. The van der Waals surface area contributed by atoms with Gasteiger partial charge in [0.25, 0.3) is 0 Å². The van der Waals surface area contributed by atoms with Gasteiger partial charge in [-0.3, -0.25) is 0 Å². The van der Waals surface area contributed by atoms with Crippen LogP contribution in [-0.2, 0) is 10.0 Å². The number of hydrogen-bond donors (Lipinski definition) is 1. The van der Waals surface area contributed by atoms with Crippen molar-refractivity contribution in [2.24, 2.45) is 5.41 Å². The molecule has 1 N–H and O–H groups in total. The maximum atomic E-state index is 11.4. The van der Waals surface area contributed by atoms with E-state index in [0.29, 0.717) is 18.8 Å². The number of sulfonamides is 1. The number of alkyl halides is 1. The minimum absolute atomic E-state index is 0.183. The van der Waals surface area contributed by atoms with Crippen molar-refractivity contribution < 1.29 is 8.42 Å². The fraction of sp³-hybridized carbons (Fsp3) is 1.00. The molecule has 0 aliphatic heterocycles. The third-order valence-electron chi connectivity index (χ3n) is 2.72. The van der Waals surface area contributed by atoms with Crippen molar-refractivity contribution in [1.82, 2.24) is 4.72 Å². The zero-order valence-electron chi connectivity index (χ0n) is 8.55. The van der Waals surface area contributed by atoms with Crippen molar-refractivity contribution in [2.45, 2.75) is 32.6 Å². The minimum Gasteiger partial charge on any atom is -0.215 e. The maximum Gasteiger partial charge on any atom is 0.211 e. The first-order valence-electron chi connectivity index (χ1n) is 5.07. The lowest BCUT2D eigenvalue weighted by molar-refractivity contribution is 0.478. The molecular formula is C9H18ClNO2S. The van der Waals surface area contributed by atoms with Gasteiger partial charge >= 0.3 is 0 Å². The highest BCUT2D eigenvalue weighted by molar-refractivity contribution is 7.89. The Morgan fingerprint density at radius 1 is 1.43 bits per heavy atom. The summed E-state index contributed by atoms with van der Waals surface area (Å²) in [6.45, 7) is 2.44. The van der Waals surface area contributed by atoms with Gasteiger partial charge in [0.2, 0.25) is 10.0 Å². The van der Waals surface area contributed by atoms with Gasteiger partial charge in [-0.2, -0.15) is 0 Å². The highest BCUT2D eigenvalue weighted by atomic mass is 35.5. The maximum absolute atomic E-state index is 11.4. The van der Waals surface area contributed by atoms with Crippen molar-refractivity contribution in [3.05, 3.63) is 0 Å². The van der Waals surface area contributed by atoms with Crippen LogP contribution in [0.5, 0.6) is 0 Å². The molecule has 5 heteroatoms. The van der Waals surface area contributed by atoms with Crippen LogP contribution in [0.1, 0.15) is 32.6 Å². The quantitative estimate of drug-likeness (QED) is 0.688. The van der Waals surface area contributed by atoms with E-state index >= 15 is 0 Å². The molecular weight excluding hydrogens is 222 g/mol. The lowest BCUT2D eigenvalue weighted by atomic mass is 10.1. The highest BCUT2D eigenvalue weighted by Crippen LogP contribution is 2.48. The van der Waals surface area contributed by atoms with E-state index in [4.69, 9.17) is 11.6 Å². The van der Waals surface area contributed by atoms with E-state index in [9.17, 15) is 8.42 Å². The van der Waals surface area contributed by atoms with Crippen LogP contribution < -0.4 is 4.72 Å². The van der Waals surface area contributed by atoms with Crippen LogP contribution in [-0.4, -0.2) is 26.6 Å². The van der Waals surface area contributed by atoms with E-state index in [0.717, 1.165) is 19.3 Å². The van der Waals surface area contributed by atoms with Gasteiger partial charge < -0.3 is 0 Å². The van der Waals surface area contributed by atoms with Gasteiger partial charge in [-0.25, -0.2) is 13.1 Å². The lowest BCUT2D eigenvalue weighted by Crippen LogP contribution is -2.32. The topological polar surface area (TPSA) is 46.2 Å². The third kappa shape index (κ3) is 3.75. The van der Waals surface area contributed by atoms with Gasteiger partial charge in [0.15, 0.2) is 0 Å². The van der Waals surface area contributed by atoms with Crippen LogP contribution in [0.25, 0.3) is 0 Å². The second-order valence-electron chi connectivity index (χ2n) is 4.08. The molecule has 0 radical (unpaired) electrons. The van der Waals surface area contributed by atoms with E-state index < -0.39 is 10.0 Å². The molecule has 0 atom stereocenters. The standard InChI is InChI=1S/C9H18ClNO2S/c1-2-7-14(12,13)11-8-9(3-4-9)5-6-10/h11H,2-8H2,1H3. The lowest BCUT2D eigenvalue weighted by Gasteiger charge is -2.14. The predicted octanol–water partition coefficient (Wildman–Crippen LogP) is 1.72. The summed E-state index contributed by atoms with van der Waals surface area (Å²) in [5, 5.41) is 0. The van der Waals surface area contributed by atoms with Crippen LogP contribution >= 0.6 is 11.6 Å². The Kier molecular flexibility index (Phi) is 4.22. The number of halogens is 1. The molecule has 0 spiro atoms. The van der Waals surface area contributed by atoms with E-state index in [1.54, 1.807) is 0 Å². The Bertz CT molecular complexity index is 273. The second-order valence-corrected chi connectivity index (χ2v) is 6.38. The molecule has 0 aromatic rings. The Morgan fingerprint density at radius 3 is 2.50 bits per heavy atom. The molecule has 0 saturated heterocycles. The molecule has 1 aliphatic rings. The molecule has 1 fully saturated rings. The first-order chi connectivity index (χ1) is 6.54. The molecule has 14 heavy (non-hydrogen) atoms. The largest absolute Gasteiger partial charge is 0.215 e. The van der Waals surface area contributed by atoms with Crippen molar-refractivity contribution >= 4 is 21.6 Å². The molecule has 1 saturated carbocycles. The fourth-order valence-electron chi connectivity index (χ4n) is 1.50. The van der Waals surface area contributed by atoms with Crippen LogP contribution in [0.3, 0.4) is 0 Å². The Morgan fingerprint density at radius 2 is 2.07 bits per heavy atom. The van der Waals surface area contributed by atoms with Gasteiger partial charge in [-0.05, 0) is 31.1 Å². The molecule has 0 aromatic carbocycles. The fourth-order valence-corrected chi connectivity index (χ4v) is 3.11. The summed E-state index contributed by atoms with van der Waals surface area (Å²) in [6.07, 6.45) is 3.80. The number of nitrogens with one attached hydrogen (secondary N) is 1. The third-order valence-corrected chi connectivity index (χ3v) is 4.44. The smallest absolute Gasteiger partial charge is 0.211 e. The van der Waals surface area contributed by atoms with Gasteiger partial charge in [0.05, 0.1) is 5.75 Å². The summed E-state index contributed by atoms with van der Waals surface area (Å²) in [5.41, 5.74) is 0.183. The average Bonchev–Trinajstić information content (AvgIpc) is 2.83. The molecule has 0 unspecified atom stereocenters. The summed E-state index contributed by atoms with van der Waals surface area (Å²) in [4.78, 5) is 0. The van der Waals surface area contributed by atoms with Crippen molar-refractivity contribution in [3.8, 4) is 0 Å². The summed E-state index contributed by atoms with van der Waals surface area (Å²) >= 11 is 5.66. The van der Waals surface area contributed by atoms with Crippen molar-refractivity contribution in [1.29, 1.82) is 0 Å². The molecule has 84 valence electrons. The molecule has 0 aromatic heterocycles. The molecule has 0 amide bonds. The van der Waals surface area contributed by atoms with Gasteiger partial charge in [0.1, 0.15) is 0 Å². The van der Waals surface area contributed by atoms with Crippen LogP contribution in [0.4, 0.5) is 0 Å². The summed E-state index contributed by atoms with van der Waals surface area (Å²) < 4.78 is 25.4. The monoisotopic (exact) mass is 239 g/mol. The average molecular weight is 240 g/mol. The minimum atomic E-state index is -3.04. The van der Waals surface area contributed by atoms with E-state index in [-0.39, 0.29) is 11.2 Å². The summed E-state index contributed by atoms with van der Waals surface area (Å²) in [6, 6.07) is 0. The van der Waals surface area contributed by atoms with Crippen LogP contribution in [0.15, 0.2) is 0 Å². The van der Waals surface area contributed by atoms with E-state index in [1.165, 1.54) is 0 Å². The van der Waals surface area contributed by atoms with Crippen LogP contribution in [0, 0.1) is 5.41 Å². The summed E-state index contributed by atoms with van der Waals surface area (Å²) in [5.74, 6) is 0.847. The van der Waals surface area contributed by atoms with Gasteiger partial charge in [-0.15, -0.1) is 11.6 Å². The molecule has 1 aliphatic carbocycles. The van der Waals surface area contributed by atoms with E-state index in [2.05, 4.69) is 4.72 Å². The van der Waals surface area contributed by atoms with Gasteiger partial charge in [0, 0.05) is 12.4 Å². The number of hydrogen-bond acceptors (Lipinski definition) is 2. The summed E-state index contributed by atoms with van der Waals surface area (Å²) in [7, 11) is -3.04.